The van der Waals surface area contributed by atoms with Crippen LogP contribution in [0, 0.1) is 5.41 Å². The Morgan fingerprint density at radius 3 is 3.00 bits per heavy atom. The number of amides is 1. The maximum Gasteiger partial charge on any atom is 0.231 e. The Hall–Kier alpha value is -1.10. The minimum atomic E-state index is -0.667. The van der Waals surface area contributed by atoms with Crippen LogP contribution >= 0.6 is 15.9 Å². The van der Waals surface area contributed by atoms with E-state index in [1.165, 1.54) is 0 Å². The highest BCUT2D eigenvalue weighted by molar-refractivity contribution is 9.10. The molecule has 3 rings (SSSR count). The molecule has 2 aliphatic heterocycles. The molecule has 1 amide bonds. The fourth-order valence-electron chi connectivity index (χ4n) is 3.01. The van der Waals surface area contributed by atoms with Crippen LogP contribution < -0.4 is 5.32 Å². The van der Waals surface area contributed by atoms with Crippen LogP contribution in [0.2, 0.25) is 0 Å². The van der Waals surface area contributed by atoms with Gasteiger partial charge in [0.2, 0.25) is 5.91 Å². The number of rotatable bonds is 0. The lowest BCUT2D eigenvalue weighted by Crippen LogP contribution is -2.52. The highest BCUT2D eigenvalue weighted by atomic mass is 79.9. The molecule has 1 fully saturated rings. The number of Topliss-reactive ketones (excluding diaryl/α,β-unsaturated/α-hetero) is 1. The topological polar surface area (TPSA) is 55.4 Å². The van der Waals surface area contributed by atoms with Crippen molar-refractivity contribution in [1.82, 2.24) is 5.32 Å². The maximum atomic E-state index is 12.4. The highest BCUT2D eigenvalue weighted by Gasteiger charge is 2.51. The minimum Gasteiger partial charge on any atom is -0.493 e. The van der Waals surface area contributed by atoms with Crippen molar-refractivity contribution < 1.29 is 14.3 Å². The molecule has 96 valence electrons. The Balaban J connectivity index is 2.12. The Bertz CT molecular complexity index is 483. The molecule has 1 aliphatic carbocycles. The van der Waals surface area contributed by atoms with Crippen molar-refractivity contribution in [3.8, 4) is 0 Å². The van der Waals surface area contributed by atoms with Crippen molar-refractivity contribution in [2.45, 2.75) is 24.1 Å². The van der Waals surface area contributed by atoms with E-state index in [9.17, 15) is 9.59 Å². The van der Waals surface area contributed by atoms with Crippen molar-refractivity contribution in [1.29, 1.82) is 0 Å². The van der Waals surface area contributed by atoms with Gasteiger partial charge in [-0.15, -0.1) is 0 Å². The Morgan fingerprint density at radius 1 is 1.39 bits per heavy atom. The molecule has 4 nitrogen and oxygen atoms in total. The number of ether oxygens (including phenoxy) is 1. The minimum absolute atomic E-state index is 0.0205. The van der Waals surface area contributed by atoms with Crippen LogP contribution in [0.5, 0.6) is 0 Å². The van der Waals surface area contributed by atoms with E-state index in [0.717, 1.165) is 12.8 Å². The van der Waals surface area contributed by atoms with Gasteiger partial charge in [-0.05, 0) is 18.9 Å². The summed E-state index contributed by atoms with van der Waals surface area (Å²) >= 11 is 3.33. The largest absolute Gasteiger partial charge is 0.493 e. The van der Waals surface area contributed by atoms with E-state index < -0.39 is 5.41 Å². The summed E-state index contributed by atoms with van der Waals surface area (Å²) in [5, 5.41) is 2.89. The van der Waals surface area contributed by atoms with E-state index in [4.69, 9.17) is 4.74 Å². The number of ketones is 1. The SMILES string of the molecule is O=C1C2=C(C=CC1Br)OCCC21CCCNC1=O. The van der Waals surface area contributed by atoms with Gasteiger partial charge in [0.15, 0.2) is 5.78 Å². The molecule has 0 aromatic rings. The van der Waals surface area contributed by atoms with Crippen LogP contribution in [-0.2, 0) is 14.3 Å². The third-order valence-corrected chi connectivity index (χ3v) is 4.65. The molecular weight excluding hydrogens is 298 g/mol. The van der Waals surface area contributed by atoms with Crippen LogP contribution in [0.4, 0.5) is 0 Å². The molecule has 1 N–H and O–H groups in total. The van der Waals surface area contributed by atoms with E-state index in [2.05, 4.69) is 21.2 Å². The van der Waals surface area contributed by atoms with Gasteiger partial charge in [-0.25, -0.2) is 0 Å². The molecule has 1 spiro atoms. The number of carbonyl (C=O) groups is 2. The highest BCUT2D eigenvalue weighted by Crippen LogP contribution is 2.46. The zero-order valence-electron chi connectivity index (χ0n) is 9.87. The molecule has 2 atom stereocenters. The number of fused-ring (bicyclic) bond motifs is 1. The van der Waals surface area contributed by atoms with Crippen molar-refractivity contribution >= 4 is 27.6 Å². The van der Waals surface area contributed by atoms with Crippen LogP contribution in [0.1, 0.15) is 19.3 Å². The monoisotopic (exact) mass is 311 g/mol. The average molecular weight is 312 g/mol. The first-order chi connectivity index (χ1) is 8.65. The Kier molecular flexibility index (Phi) is 2.81. The number of carbonyl (C=O) groups excluding carboxylic acids is 2. The average Bonchev–Trinajstić information content (AvgIpc) is 2.38. The number of nitrogens with one attached hydrogen (secondary N) is 1. The first kappa shape index (κ1) is 12.0. The van der Waals surface area contributed by atoms with Crippen molar-refractivity contribution in [3.63, 3.8) is 0 Å². The molecule has 2 unspecified atom stereocenters. The van der Waals surface area contributed by atoms with Crippen molar-refractivity contribution in [2.24, 2.45) is 5.41 Å². The van der Waals surface area contributed by atoms with E-state index in [-0.39, 0.29) is 16.5 Å². The van der Waals surface area contributed by atoms with Crippen LogP contribution in [0.15, 0.2) is 23.5 Å². The fourth-order valence-corrected chi connectivity index (χ4v) is 3.39. The van der Waals surface area contributed by atoms with Crippen LogP contribution in [0.25, 0.3) is 0 Å². The van der Waals surface area contributed by atoms with Gasteiger partial charge in [0.05, 0.1) is 22.4 Å². The maximum absolute atomic E-state index is 12.4. The Labute approximate surface area is 114 Å². The first-order valence-corrected chi connectivity index (χ1v) is 7.09. The lowest BCUT2D eigenvalue weighted by Gasteiger charge is -2.42. The lowest BCUT2D eigenvalue weighted by atomic mass is 9.67. The second-order valence-corrected chi connectivity index (χ2v) is 5.89. The summed E-state index contributed by atoms with van der Waals surface area (Å²) in [5.41, 5.74) is -0.102. The molecule has 3 aliphatic rings. The van der Waals surface area contributed by atoms with Gasteiger partial charge in [-0.3, -0.25) is 9.59 Å². The van der Waals surface area contributed by atoms with E-state index >= 15 is 0 Å². The third kappa shape index (κ3) is 1.56. The normalized spacial score (nSPS) is 35.3. The molecule has 1 saturated heterocycles. The summed E-state index contributed by atoms with van der Waals surface area (Å²) in [6, 6.07) is 0. The van der Waals surface area contributed by atoms with Gasteiger partial charge in [-0.2, -0.15) is 0 Å². The summed E-state index contributed by atoms with van der Waals surface area (Å²) in [5.74, 6) is 0.524. The summed E-state index contributed by atoms with van der Waals surface area (Å²) in [6.45, 7) is 1.20. The molecule has 0 saturated carbocycles. The van der Waals surface area contributed by atoms with Gasteiger partial charge in [0.25, 0.3) is 0 Å². The summed E-state index contributed by atoms with van der Waals surface area (Å²) < 4.78 is 5.55. The first-order valence-electron chi connectivity index (χ1n) is 6.17. The second-order valence-electron chi connectivity index (χ2n) is 4.90. The fraction of sp³-hybridized carbons (Fsp3) is 0.538. The van der Waals surface area contributed by atoms with E-state index in [1.807, 2.05) is 0 Å². The van der Waals surface area contributed by atoms with Crippen molar-refractivity contribution in [3.05, 3.63) is 23.5 Å². The number of piperidine rings is 1. The zero-order chi connectivity index (χ0) is 12.8. The molecule has 5 heteroatoms. The molecule has 0 aromatic carbocycles. The number of hydrogen-bond donors (Lipinski definition) is 1. The zero-order valence-corrected chi connectivity index (χ0v) is 11.5. The number of alkyl halides is 1. The molecule has 0 radical (unpaired) electrons. The van der Waals surface area contributed by atoms with E-state index in [1.54, 1.807) is 12.2 Å². The molecule has 0 aromatic heterocycles. The Morgan fingerprint density at radius 2 is 2.22 bits per heavy atom. The quantitative estimate of drug-likeness (QED) is 0.689. The molecule has 18 heavy (non-hydrogen) atoms. The number of halogens is 1. The second kappa shape index (κ2) is 4.23. The van der Waals surface area contributed by atoms with Crippen LogP contribution in [-0.4, -0.2) is 29.7 Å². The summed E-state index contributed by atoms with van der Waals surface area (Å²) in [4.78, 5) is 24.3. The standard InChI is InChI=1S/C13H14BrNO3/c14-8-2-3-9-10(11(8)16)13(5-7-18-9)4-1-6-15-12(13)17/h2-3,8H,1,4-7H2,(H,15,17). The predicted molar refractivity (Wildman–Crippen MR) is 69.1 cm³/mol. The van der Waals surface area contributed by atoms with E-state index in [0.29, 0.717) is 30.9 Å². The van der Waals surface area contributed by atoms with Crippen molar-refractivity contribution in [2.75, 3.05) is 13.2 Å². The van der Waals surface area contributed by atoms with Gasteiger partial charge < -0.3 is 10.1 Å². The summed E-state index contributed by atoms with van der Waals surface area (Å²) in [7, 11) is 0. The number of allylic oxidation sites excluding steroid dienone is 2. The summed E-state index contributed by atoms with van der Waals surface area (Å²) in [6.07, 6.45) is 5.81. The molecule has 2 heterocycles. The molecular formula is C13H14BrNO3. The molecule has 0 bridgehead atoms. The van der Waals surface area contributed by atoms with Gasteiger partial charge >= 0.3 is 0 Å². The van der Waals surface area contributed by atoms with Gasteiger partial charge in [-0.1, -0.05) is 22.0 Å². The smallest absolute Gasteiger partial charge is 0.231 e. The van der Waals surface area contributed by atoms with Gasteiger partial charge in [0.1, 0.15) is 5.76 Å². The lowest BCUT2D eigenvalue weighted by molar-refractivity contribution is -0.135. The third-order valence-electron chi connectivity index (χ3n) is 3.93. The number of hydrogen-bond acceptors (Lipinski definition) is 3. The van der Waals surface area contributed by atoms with Crippen LogP contribution in [0.3, 0.4) is 0 Å². The predicted octanol–water partition coefficient (Wildman–Crippen LogP) is 1.46. The van der Waals surface area contributed by atoms with Gasteiger partial charge in [0, 0.05) is 13.0 Å².